The van der Waals surface area contributed by atoms with Crippen LogP contribution in [-0.4, -0.2) is 55.5 Å². The van der Waals surface area contributed by atoms with Crippen molar-refractivity contribution in [1.29, 1.82) is 0 Å². The lowest BCUT2D eigenvalue weighted by molar-refractivity contribution is -0.206. The molecule has 0 aromatic rings. The summed E-state index contributed by atoms with van der Waals surface area (Å²) in [6.45, 7) is 7.45. The first kappa shape index (κ1) is 33.1. The summed E-state index contributed by atoms with van der Waals surface area (Å²) in [7, 11) is 0. The number of rotatable bonds is 10. The van der Waals surface area contributed by atoms with Crippen molar-refractivity contribution in [3.05, 3.63) is 24.3 Å². The summed E-state index contributed by atoms with van der Waals surface area (Å²) in [4.78, 5) is 32.2. The minimum absolute atomic E-state index is 0. The second-order valence-corrected chi connectivity index (χ2v) is 6.35. The summed E-state index contributed by atoms with van der Waals surface area (Å²) in [6.07, 6.45) is -1.21. The number of carbonyl (C=O) groups excluding carboxylic acids is 3. The second kappa shape index (κ2) is 13.7. The molecule has 182 valence electrons. The van der Waals surface area contributed by atoms with Crippen LogP contribution in [0.1, 0.15) is 41.5 Å². The van der Waals surface area contributed by atoms with Gasteiger partial charge in [-0.05, 0) is 13.8 Å². The first-order chi connectivity index (χ1) is 13.3. The zero-order valence-corrected chi connectivity index (χ0v) is 17.0. The van der Waals surface area contributed by atoms with E-state index in [1.165, 1.54) is 13.8 Å². The third-order valence-corrected chi connectivity index (χ3v) is 2.80. The molecule has 0 heterocycles. The van der Waals surface area contributed by atoms with Crippen LogP contribution in [0.5, 0.6) is 0 Å². The van der Waals surface area contributed by atoms with Gasteiger partial charge in [-0.25, -0.2) is 31.9 Å². The molecule has 0 radical (unpaired) electrons. The van der Waals surface area contributed by atoms with Gasteiger partial charge in [0.05, 0.1) is 13.0 Å². The van der Waals surface area contributed by atoms with Gasteiger partial charge < -0.3 is 14.2 Å². The smallest absolute Gasteiger partial charge is 0.344 e. The van der Waals surface area contributed by atoms with Crippen LogP contribution < -0.4 is 0 Å². The molecule has 6 nitrogen and oxygen atoms in total. The van der Waals surface area contributed by atoms with Crippen LogP contribution in [0.4, 0.5) is 26.3 Å². The van der Waals surface area contributed by atoms with Gasteiger partial charge in [0.1, 0.15) is 0 Å². The summed E-state index contributed by atoms with van der Waals surface area (Å²) < 4.78 is 87.0. The molecule has 0 spiro atoms. The normalized spacial score (nSPS) is 11.2. The van der Waals surface area contributed by atoms with Gasteiger partial charge in [0.25, 0.3) is 5.92 Å². The van der Waals surface area contributed by atoms with E-state index in [0.717, 1.165) is 0 Å². The Morgan fingerprint density at radius 2 is 1.23 bits per heavy atom. The van der Waals surface area contributed by atoms with E-state index < -0.39 is 61.9 Å². The largest absolute Gasteiger partial charge is 0.462 e. The number of ether oxygens (including phenoxy) is 3. The molecule has 0 N–H and O–H groups in total. The van der Waals surface area contributed by atoms with Gasteiger partial charge in [-0.15, -0.1) is 0 Å². The number of esters is 3. The highest BCUT2D eigenvalue weighted by molar-refractivity contribution is 5.88. The fourth-order valence-electron chi connectivity index (χ4n) is 1.11. The number of halogens is 6. The molecular formula is C19H28F6O6. The predicted molar refractivity (Wildman–Crippen MR) is 100 cm³/mol. The van der Waals surface area contributed by atoms with Crippen LogP contribution in [0.25, 0.3) is 0 Å². The number of hydrogen-bond donors (Lipinski definition) is 0. The maximum atomic E-state index is 12.6. The van der Waals surface area contributed by atoms with Gasteiger partial charge in [0.2, 0.25) is 0 Å². The Bertz CT molecular complexity index is 635. The van der Waals surface area contributed by atoms with Crippen molar-refractivity contribution in [2.24, 2.45) is 0 Å². The van der Waals surface area contributed by atoms with Gasteiger partial charge in [-0.2, -0.15) is 8.78 Å². The summed E-state index contributed by atoms with van der Waals surface area (Å²) in [5.74, 6) is -14.1. The Morgan fingerprint density at radius 1 is 0.806 bits per heavy atom. The van der Waals surface area contributed by atoms with Gasteiger partial charge in [-0.1, -0.05) is 20.6 Å². The molecule has 0 fully saturated rings. The highest BCUT2D eigenvalue weighted by Gasteiger charge is 2.51. The molecule has 0 aliphatic rings. The Labute approximate surface area is 177 Å². The van der Waals surface area contributed by atoms with E-state index in [0.29, 0.717) is 6.92 Å². The van der Waals surface area contributed by atoms with Crippen molar-refractivity contribution in [3.8, 4) is 0 Å². The summed E-state index contributed by atoms with van der Waals surface area (Å²) >= 11 is 0. The SMILES string of the molecule is C.C=C(C)C(=O)OCC(=O)OCC(C)(F)F.C=C(C)C(=O)OCCC(F)(F)C(C)(F)F. The van der Waals surface area contributed by atoms with Gasteiger partial charge in [0.15, 0.2) is 13.2 Å². The van der Waals surface area contributed by atoms with Crippen LogP contribution in [0, 0.1) is 0 Å². The molecule has 0 aliphatic carbocycles. The van der Waals surface area contributed by atoms with Crippen LogP contribution in [0.3, 0.4) is 0 Å². The van der Waals surface area contributed by atoms with Gasteiger partial charge in [-0.3, -0.25) is 0 Å². The Morgan fingerprint density at radius 3 is 1.58 bits per heavy atom. The first-order valence-corrected chi connectivity index (χ1v) is 8.24. The quantitative estimate of drug-likeness (QED) is 0.201. The molecule has 0 saturated carbocycles. The molecule has 0 bridgehead atoms. The monoisotopic (exact) mass is 466 g/mol. The summed E-state index contributed by atoms with van der Waals surface area (Å²) in [5, 5.41) is 0. The Balaban J connectivity index is -0.000000490. The third kappa shape index (κ3) is 16.9. The molecule has 0 saturated heterocycles. The maximum absolute atomic E-state index is 12.6. The van der Waals surface area contributed by atoms with Crippen molar-refractivity contribution in [2.45, 2.75) is 59.3 Å². The lowest BCUT2D eigenvalue weighted by atomic mass is 10.1. The standard InChI is InChI=1S/C9H12F4O2.C9H12F2O4.CH4/c1-6(2)7(14)15-5-4-9(12,13)8(3,10)11;1-6(2)8(13)14-4-7(12)15-5-9(3,10)11;/h2*1,4-5H2,2-3H3;1H4. The van der Waals surface area contributed by atoms with E-state index in [4.69, 9.17) is 0 Å². The molecule has 31 heavy (non-hydrogen) atoms. The first-order valence-electron chi connectivity index (χ1n) is 8.24. The van der Waals surface area contributed by atoms with E-state index in [1.54, 1.807) is 0 Å². The molecule has 0 aliphatic heterocycles. The average Bonchev–Trinajstić information content (AvgIpc) is 2.56. The molecular weight excluding hydrogens is 438 g/mol. The zero-order valence-electron chi connectivity index (χ0n) is 17.0. The van der Waals surface area contributed by atoms with Gasteiger partial charge >= 0.3 is 29.8 Å². The fraction of sp³-hybridized carbons (Fsp3) is 0.632. The van der Waals surface area contributed by atoms with Gasteiger partial charge in [0, 0.05) is 25.0 Å². The van der Waals surface area contributed by atoms with Crippen molar-refractivity contribution in [1.82, 2.24) is 0 Å². The maximum Gasteiger partial charge on any atom is 0.344 e. The van der Waals surface area contributed by atoms with E-state index >= 15 is 0 Å². The number of hydrogen-bond acceptors (Lipinski definition) is 6. The minimum atomic E-state index is -4.18. The Kier molecular flexibility index (Phi) is 14.6. The lowest BCUT2D eigenvalue weighted by Crippen LogP contribution is -2.38. The Hall–Kier alpha value is -2.53. The van der Waals surface area contributed by atoms with Crippen LogP contribution in [0.2, 0.25) is 0 Å². The van der Waals surface area contributed by atoms with E-state index in [2.05, 4.69) is 27.4 Å². The molecule has 0 aromatic heterocycles. The van der Waals surface area contributed by atoms with Crippen LogP contribution in [-0.2, 0) is 28.6 Å². The predicted octanol–water partition coefficient (Wildman–Crippen LogP) is 4.73. The second-order valence-electron chi connectivity index (χ2n) is 6.35. The topological polar surface area (TPSA) is 78.9 Å². The van der Waals surface area contributed by atoms with Crippen LogP contribution >= 0.6 is 0 Å². The highest BCUT2D eigenvalue weighted by atomic mass is 19.3. The summed E-state index contributed by atoms with van der Waals surface area (Å²) in [5.41, 5.74) is 0.144. The third-order valence-electron chi connectivity index (χ3n) is 2.80. The number of alkyl halides is 6. The molecule has 0 atom stereocenters. The molecule has 0 aromatic carbocycles. The van der Waals surface area contributed by atoms with E-state index in [-0.39, 0.29) is 25.5 Å². The van der Waals surface area contributed by atoms with Crippen molar-refractivity contribution < 1.29 is 54.9 Å². The number of carbonyl (C=O) groups is 3. The average molecular weight is 466 g/mol. The van der Waals surface area contributed by atoms with Crippen molar-refractivity contribution >= 4 is 17.9 Å². The van der Waals surface area contributed by atoms with Crippen molar-refractivity contribution in [3.63, 3.8) is 0 Å². The minimum Gasteiger partial charge on any atom is -0.462 e. The molecule has 0 rings (SSSR count). The zero-order chi connectivity index (χ0) is 24.3. The summed E-state index contributed by atoms with van der Waals surface area (Å²) in [6, 6.07) is 0. The van der Waals surface area contributed by atoms with Crippen molar-refractivity contribution in [2.75, 3.05) is 19.8 Å². The molecule has 0 amide bonds. The highest BCUT2D eigenvalue weighted by Crippen LogP contribution is 2.36. The van der Waals surface area contributed by atoms with Crippen LogP contribution in [0.15, 0.2) is 24.3 Å². The fourth-order valence-corrected chi connectivity index (χ4v) is 1.11. The lowest BCUT2D eigenvalue weighted by Gasteiger charge is -2.22. The van der Waals surface area contributed by atoms with E-state index in [9.17, 15) is 40.7 Å². The van der Waals surface area contributed by atoms with E-state index in [1.807, 2.05) is 0 Å². The molecule has 0 unspecified atom stereocenters. The molecule has 12 heteroatoms.